The lowest BCUT2D eigenvalue weighted by Crippen LogP contribution is -2.37. The van der Waals surface area contributed by atoms with Crippen LogP contribution in [0.25, 0.3) is 0 Å². The van der Waals surface area contributed by atoms with Crippen molar-refractivity contribution in [1.82, 2.24) is 0 Å². The second-order valence-electron chi connectivity index (χ2n) is 9.63. The minimum Gasteiger partial charge on any atom is -0.462 e. The van der Waals surface area contributed by atoms with Gasteiger partial charge in [-0.2, -0.15) is 0 Å². The number of ether oxygens (including phenoxy) is 1. The van der Waals surface area contributed by atoms with E-state index in [-0.39, 0.29) is 24.6 Å². The van der Waals surface area contributed by atoms with E-state index in [1.807, 2.05) is 0 Å². The monoisotopic (exact) mass is 396 g/mol. The van der Waals surface area contributed by atoms with Gasteiger partial charge in [0, 0.05) is 6.61 Å². The van der Waals surface area contributed by atoms with E-state index in [0.717, 1.165) is 25.7 Å². The summed E-state index contributed by atoms with van der Waals surface area (Å²) in [6.45, 7) is 9.21. The SMILES string of the molecule is CCCCCCCCCCC(CCCO)C(=O)OC1CC(C)CCC1C(C)C. The largest absolute Gasteiger partial charge is 0.462 e. The minimum atomic E-state index is -0.0303. The van der Waals surface area contributed by atoms with Gasteiger partial charge in [-0.1, -0.05) is 85.5 Å². The fourth-order valence-electron chi connectivity index (χ4n) is 4.74. The van der Waals surface area contributed by atoms with Gasteiger partial charge >= 0.3 is 5.97 Å². The molecule has 0 aromatic rings. The van der Waals surface area contributed by atoms with E-state index < -0.39 is 0 Å². The van der Waals surface area contributed by atoms with E-state index in [2.05, 4.69) is 27.7 Å². The lowest BCUT2D eigenvalue weighted by Gasteiger charge is -2.37. The number of aliphatic hydroxyl groups is 1. The molecule has 0 saturated heterocycles. The van der Waals surface area contributed by atoms with Gasteiger partial charge in [0.15, 0.2) is 0 Å². The summed E-state index contributed by atoms with van der Waals surface area (Å²) >= 11 is 0. The van der Waals surface area contributed by atoms with Crippen LogP contribution in [0.3, 0.4) is 0 Å². The Balaban J connectivity index is 2.43. The van der Waals surface area contributed by atoms with E-state index >= 15 is 0 Å². The molecule has 0 radical (unpaired) electrons. The summed E-state index contributed by atoms with van der Waals surface area (Å²) in [6.07, 6.45) is 16.2. The van der Waals surface area contributed by atoms with Gasteiger partial charge in [-0.3, -0.25) is 4.79 Å². The molecule has 4 atom stereocenters. The molecular formula is C25H48O3. The molecule has 0 spiro atoms. The first kappa shape index (κ1) is 25.5. The normalized spacial score (nSPS) is 23.7. The van der Waals surface area contributed by atoms with Gasteiger partial charge in [0.2, 0.25) is 0 Å². The molecule has 1 aliphatic rings. The van der Waals surface area contributed by atoms with Gasteiger partial charge in [-0.15, -0.1) is 0 Å². The highest BCUT2D eigenvalue weighted by Crippen LogP contribution is 2.36. The zero-order valence-corrected chi connectivity index (χ0v) is 19.3. The van der Waals surface area contributed by atoms with Crippen molar-refractivity contribution in [2.75, 3.05) is 6.61 Å². The maximum Gasteiger partial charge on any atom is 0.309 e. The van der Waals surface area contributed by atoms with E-state index in [9.17, 15) is 9.90 Å². The Hall–Kier alpha value is -0.570. The standard InChI is InChI=1S/C25H48O3/c1-5-6-7-8-9-10-11-12-14-22(15-13-18-26)25(27)28-24-19-21(4)16-17-23(24)20(2)3/h20-24,26H,5-19H2,1-4H3. The van der Waals surface area contributed by atoms with E-state index in [4.69, 9.17) is 4.74 Å². The van der Waals surface area contributed by atoms with Crippen LogP contribution in [0.2, 0.25) is 0 Å². The van der Waals surface area contributed by atoms with E-state index in [1.165, 1.54) is 57.8 Å². The fraction of sp³-hybridized carbons (Fsp3) is 0.960. The van der Waals surface area contributed by atoms with Crippen LogP contribution in [0.15, 0.2) is 0 Å². The molecule has 0 heterocycles. The van der Waals surface area contributed by atoms with Crippen LogP contribution >= 0.6 is 0 Å². The summed E-state index contributed by atoms with van der Waals surface area (Å²) in [7, 11) is 0. The van der Waals surface area contributed by atoms with Crippen LogP contribution in [0.4, 0.5) is 0 Å². The molecule has 3 heteroatoms. The topological polar surface area (TPSA) is 46.5 Å². The molecule has 1 saturated carbocycles. The van der Waals surface area contributed by atoms with Crippen LogP contribution in [0, 0.1) is 23.7 Å². The van der Waals surface area contributed by atoms with E-state index in [1.54, 1.807) is 0 Å². The van der Waals surface area contributed by atoms with Crippen LogP contribution in [-0.2, 0) is 9.53 Å². The van der Waals surface area contributed by atoms with Gasteiger partial charge in [0.05, 0.1) is 5.92 Å². The lowest BCUT2D eigenvalue weighted by molar-refractivity contribution is -0.161. The number of hydrogen-bond acceptors (Lipinski definition) is 3. The highest BCUT2D eigenvalue weighted by Gasteiger charge is 2.34. The second kappa shape index (κ2) is 15.3. The molecule has 1 fully saturated rings. The molecule has 4 unspecified atom stereocenters. The number of aliphatic hydroxyl groups excluding tert-OH is 1. The van der Waals surface area contributed by atoms with E-state index in [0.29, 0.717) is 24.2 Å². The zero-order chi connectivity index (χ0) is 20.8. The second-order valence-corrected chi connectivity index (χ2v) is 9.63. The van der Waals surface area contributed by atoms with Crippen LogP contribution in [-0.4, -0.2) is 23.8 Å². The Bertz CT molecular complexity index is 393. The Morgan fingerprint density at radius 1 is 0.964 bits per heavy atom. The molecule has 1 rings (SSSR count). The van der Waals surface area contributed by atoms with Crippen LogP contribution in [0.1, 0.15) is 118 Å². The molecule has 1 aliphatic carbocycles. The van der Waals surface area contributed by atoms with Crippen molar-refractivity contribution in [3.05, 3.63) is 0 Å². The van der Waals surface area contributed by atoms with Gasteiger partial charge < -0.3 is 9.84 Å². The summed E-state index contributed by atoms with van der Waals surface area (Å²) < 4.78 is 6.10. The first-order valence-corrected chi connectivity index (χ1v) is 12.3. The summed E-state index contributed by atoms with van der Waals surface area (Å²) in [4.78, 5) is 12.9. The maximum atomic E-state index is 12.9. The quantitative estimate of drug-likeness (QED) is 0.242. The Morgan fingerprint density at radius 2 is 1.57 bits per heavy atom. The number of carbonyl (C=O) groups is 1. The van der Waals surface area contributed by atoms with Crippen LogP contribution < -0.4 is 0 Å². The number of carbonyl (C=O) groups excluding carboxylic acids is 1. The Morgan fingerprint density at radius 3 is 2.18 bits per heavy atom. The smallest absolute Gasteiger partial charge is 0.309 e. The molecule has 0 aliphatic heterocycles. The number of esters is 1. The van der Waals surface area contributed by atoms with Crippen molar-refractivity contribution in [3.8, 4) is 0 Å². The fourth-order valence-corrected chi connectivity index (χ4v) is 4.74. The van der Waals surface area contributed by atoms with Gasteiger partial charge in [-0.25, -0.2) is 0 Å². The third-order valence-electron chi connectivity index (χ3n) is 6.68. The third-order valence-corrected chi connectivity index (χ3v) is 6.68. The van der Waals surface area contributed by atoms with Gasteiger partial charge in [0.25, 0.3) is 0 Å². The highest BCUT2D eigenvalue weighted by molar-refractivity contribution is 5.72. The predicted octanol–water partition coefficient (Wildman–Crippen LogP) is 6.91. The van der Waals surface area contributed by atoms with Crippen molar-refractivity contribution >= 4 is 5.97 Å². The van der Waals surface area contributed by atoms with Crippen molar-refractivity contribution in [3.63, 3.8) is 0 Å². The Kier molecular flexibility index (Phi) is 13.9. The van der Waals surface area contributed by atoms with Crippen molar-refractivity contribution < 1.29 is 14.6 Å². The maximum absolute atomic E-state index is 12.9. The van der Waals surface area contributed by atoms with Crippen molar-refractivity contribution in [2.24, 2.45) is 23.7 Å². The lowest BCUT2D eigenvalue weighted by atomic mass is 9.75. The first-order chi connectivity index (χ1) is 13.5. The molecule has 0 amide bonds. The van der Waals surface area contributed by atoms with Crippen molar-refractivity contribution in [1.29, 1.82) is 0 Å². The molecule has 3 nitrogen and oxygen atoms in total. The van der Waals surface area contributed by atoms with Gasteiger partial charge in [-0.05, 0) is 49.9 Å². The van der Waals surface area contributed by atoms with Crippen LogP contribution in [0.5, 0.6) is 0 Å². The average Bonchev–Trinajstić information content (AvgIpc) is 2.66. The molecule has 166 valence electrons. The third kappa shape index (κ3) is 10.3. The number of hydrogen-bond donors (Lipinski definition) is 1. The average molecular weight is 397 g/mol. The summed E-state index contributed by atoms with van der Waals surface area (Å²) in [5.41, 5.74) is 0. The summed E-state index contributed by atoms with van der Waals surface area (Å²) in [5, 5.41) is 9.23. The summed E-state index contributed by atoms with van der Waals surface area (Å²) in [5.74, 6) is 1.69. The molecule has 0 aromatic carbocycles. The molecule has 28 heavy (non-hydrogen) atoms. The van der Waals surface area contributed by atoms with Gasteiger partial charge in [0.1, 0.15) is 6.10 Å². The molecule has 1 N–H and O–H groups in total. The Labute approximate surface area is 175 Å². The minimum absolute atomic E-state index is 0.00106. The zero-order valence-electron chi connectivity index (χ0n) is 19.3. The number of rotatable bonds is 15. The summed E-state index contributed by atoms with van der Waals surface area (Å²) in [6, 6.07) is 0. The molecule has 0 bridgehead atoms. The van der Waals surface area contributed by atoms with Crippen molar-refractivity contribution in [2.45, 2.75) is 124 Å². The molecule has 0 aromatic heterocycles. The first-order valence-electron chi connectivity index (χ1n) is 12.3. The highest BCUT2D eigenvalue weighted by atomic mass is 16.5. The number of unbranched alkanes of at least 4 members (excludes halogenated alkanes) is 7. The molecular weight excluding hydrogens is 348 g/mol. The predicted molar refractivity (Wildman–Crippen MR) is 118 cm³/mol.